The Hall–Kier alpha value is -1.53. The summed E-state index contributed by atoms with van der Waals surface area (Å²) < 4.78 is 2.13. The molecule has 94 valence electrons. The average molecular weight is 280 g/mol. The summed E-state index contributed by atoms with van der Waals surface area (Å²) in [6.45, 7) is 1.97. The van der Waals surface area contributed by atoms with Gasteiger partial charge in [0.1, 0.15) is 5.03 Å². The van der Waals surface area contributed by atoms with Crippen LogP contribution in [0.25, 0.3) is 5.69 Å². The molecule has 6 heteroatoms. The van der Waals surface area contributed by atoms with Gasteiger partial charge < -0.3 is 10.2 Å². The zero-order chi connectivity index (χ0) is 13.1. The van der Waals surface area contributed by atoms with Crippen molar-refractivity contribution in [2.24, 2.45) is 0 Å². The van der Waals surface area contributed by atoms with Crippen LogP contribution in [0.1, 0.15) is 13.3 Å². The van der Waals surface area contributed by atoms with E-state index in [0.717, 1.165) is 10.6 Å². The van der Waals surface area contributed by atoms with Crippen molar-refractivity contribution < 1.29 is 10.2 Å². The van der Waals surface area contributed by atoms with Gasteiger partial charge in [-0.3, -0.25) is 0 Å². The van der Waals surface area contributed by atoms with Gasteiger partial charge in [0, 0.05) is 18.3 Å². The average Bonchev–Trinajstić information content (AvgIpc) is 2.70. The molecule has 0 amide bonds. The Bertz CT molecular complexity index is 562. The van der Waals surface area contributed by atoms with E-state index in [9.17, 15) is 10.2 Å². The highest BCUT2D eigenvalue weighted by Gasteiger charge is 2.14. The molecular weight excluding hydrogens is 268 g/mol. The first-order valence-corrected chi connectivity index (χ1v) is 6.61. The molecule has 0 fully saturated rings. The zero-order valence-corrected chi connectivity index (χ0v) is 11.3. The van der Waals surface area contributed by atoms with E-state index in [4.69, 9.17) is 12.2 Å². The van der Waals surface area contributed by atoms with Crippen LogP contribution >= 0.6 is 24.0 Å². The first kappa shape index (κ1) is 12.9. The summed E-state index contributed by atoms with van der Waals surface area (Å²) in [5.74, 6) is -0.0745. The molecule has 0 spiro atoms. The molecule has 0 bridgehead atoms. The lowest BCUT2D eigenvalue weighted by atomic mass is 10.4. The van der Waals surface area contributed by atoms with E-state index in [0.29, 0.717) is 10.7 Å². The number of rotatable bonds is 3. The molecule has 0 saturated carbocycles. The Balaban J connectivity index is 2.48. The van der Waals surface area contributed by atoms with Crippen molar-refractivity contribution in [2.45, 2.75) is 18.4 Å². The molecule has 2 N–H and O–H groups in total. The van der Waals surface area contributed by atoms with Gasteiger partial charge in [0.2, 0.25) is 0 Å². The van der Waals surface area contributed by atoms with E-state index in [1.165, 1.54) is 28.5 Å². The van der Waals surface area contributed by atoms with E-state index in [-0.39, 0.29) is 11.8 Å². The standard InChI is InChI=1S/C12H12N2O2S2/c1-2-11(17)18-12-8(4-3-7-13-12)14-9(15)5-6-10(14)16/h3-7,15-16H,2H2,1H3. The van der Waals surface area contributed by atoms with Crippen LogP contribution in [0.15, 0.2) is 35.5 Å². The van der Waals surface area contributed by atoms with Crippen LogP contribution in [0.4, 0.5) is 0 Å². The number of thiocarbonyl (C=S) groups is 1. The molecule has 0 saturated heterocycles. The Morgan fingerprint density at radius 2 is 2.00 bits per heavy atom. The maximum absolute atomic E-state index is 9.73. The minimum Gasteiger partial charge on any atom is -0.494 e. The lowest BCUT2D eigenvalue weighted by Gasteiger charge is -2.11. The van der Waals surface area contributed by atoms with Crippen molar-refractivity contribution in [3.8, 4) is 17.4 Å². The van der Waals surface area contributed by atoms with Crippen molar-refractivity contribution in [3.63, 3.8) is 0 Å². The summed E-state index contributed by atoms with van der Waals surface area (Å²) >= 11 is 6.54. The van der Waals surface area contributed by atoms with Gasteiger partial charge in [-0.25, -0.2) is 9.55 Å². The molecule has 2 rings (SSSR count). The molecule has 0 atom stereocenters. The normalized spacial score (nSPS) is 10.5. The number of hydrogen-bond acceptors (Lipinski definition) is 5. The van der Waals surface area contributed by atoms with Gasteiger partial charge in [0.05, 0.1) is 9.88 Å². The second-order valence-electron chi connectivity index (χ2n) is 3.54. The van der Waals surface area contributed by atoms with Crippen LogP contribution < -0.4 is 0 Å². The minimum absolute atomic E-state index is 0.0373. The molecule has 2 heterocycles. The smallest absolute Gasteiger partial charge is 0.198 e. The Labute approximate surface area is 114 Å². The molecule has 2 aromatic rings. The van der Waals surface area contributed by atoms with Gasteiger partial charge in [-0.1, -0.05) is 30.9 Å². The van der Waals surface area contributed by atoms with Crippen LogP contribution in [-0.2, 0) is 0 Å². The summed E-state index contributed by atoms with van der Waals surface area (Å²) in [6, 6.07) is 6.37. The number of aromatic nitrogens is 2. The van der Waals surface area contributed by atoms with Crippen molar-refractivity contribution in [2.75, 3.05) is 0 Å². The molecule has 0 aromatic carbocycles. The van der Waals surface area contributed by atoms with Crippen molar-refractivity contribution in [1.29, 1.82) is 0 Å². The Kier molecular flexibility index (Phi) is 3.88. The fourth-order valence-electron chi connectivity index (χ4n) is 1.47. The lowest BCUT2D eigenvalue weighted by molar-refractivity contribution is 0.401. The summed E-state index contributed by atoms with van der Waals surface area (Å²) in [5.41, 5.74) is 0.610. The van der Waals surface area contributed by atoms with E-state index in [2.05, 4.69) is 4.98 Å². The first-order valence-electron chi connectivity index (χ1n) is 5.39. The molecule has 0 radical (unpaired) electrons. The third kappa shape index (κ3) is 2.49. The lowest BCUT2D eigenvalue weighted by Crippen LogP contribution is -1.98. The van der Waals surface area contributed by atoms with Gasteiger partial charge in [0.15, 0.2) is 11.8 Å². The maximum Gasteiger partial charge on any atom is 0.198 e. The summed E-state index contributed by atoms with van der Waals surface area (Å²) in [5, 5.41) is 20.1. The van der Waals surface area contributed by atoms with E-state index in [1.807, 2.05) is 6.92 Å². The summed E-state index contributed by atoms with van der Waals surface area (Å²) in [4.78, 5) is 4.24. The van der Waals surface area contributed by atoms with Crippen LogP contribution in [0.2, 0.25) is 0 Å². The predicted molar refractivity (Wildman–Crippen MR) is 75.6 cm³/mol. The number of aromatic hydroxyl groups is 2. The number of thioether (sulfide) groups is 1. The highest BCUT2D eigenvalue weighted by molar-refractivity contribution is 8.23. The molecular formula is C12H12N2O2S2. The predicted octanol–water partition coefficient (Wildman–Crippen LogP) is 3.11. The molecule has 0 aliphatic carbocycles. The summed E-state index contributed by atoms with van der Waals surface area (Å²) in [6.07, 6.45) is 2.42. The van der Waals surface area contributed by atoms with Crippen molar-refractivity contribution in [1.82, 2.24) is 9.55 Å². The third-order valence-electron chi connectivity index (χ3n) is 2.33. The van der Waals surface area contributed by atoms with Crippen molar-refractivity contribution >= 4 is 28.2 Å². The largest absolute Gasteiger partial charge is 0.494 e. The fourth-order valence-corrected chi connectivity index (χ4v) is 2.45. The quantitative estimate of drug-likeness (QED) is 0.668. The SMILES string of the molecule is CCC(=S)Sc1ncccc1-n1c(O)ccc1O. The Morgan fingerprint density at radius 1 is 1.33 bits per heavy atom. The van der Waals surface area contributed by atoms with Gasteiger partial charge in [-0.05, 0) is 18.6 Å². The van der Waals surface area contributed by atoms with Crippen LogP contribution in [0, 0.1) is 0 Å². The van der Waals surface area contributed by atoms with Crippen LogP contribution in [-0.4, -0.2) is 24.0 Å². The molecule has 2 aromatic heterocycles. The molecule has 0 aliphatic heterocycles. The van der Waals surface area contributed by atoms with E-state index >= 15 is 0 Å². The summed E-state index contributed by atoms with van der Waals surface area (Å²) in [7, 11) is 0. The monoisotopic (exact) mass is 280 g/mol. The highest BCUT2D eigenvalue weighted by atomic mass is 32.2. The number of pyridine rings is 1. The molecule has 4 nitrogen and oxygen atoms in total. The second kappa shape index (κ2) is 5.41. The van der Waals surface area contributed by atoms with Crippen LogP contribution in [0.3, 0.4) is 0 Å². The Morgan fingerprint density at radius 3 is 2.61 bits per heavy atom. The molecule has 0 aliphatic rings. The molecule has 0 unspecified atom stereocenters. The van der Waals surface area contributed by atoms with E-state index < -0.39 is 0 Å². The van der Waals surface area contributed by atoms with E-state index in [1.54, 1.807) is 18.3 Å². The van der Waals surface area contributed by atoms with Gasteiger partial charge in [-0.2, -0.15) is 0 Å². The van der Waals surface area contributed by atoms with Gasteiger partial charge >= 0.3 is 0 Å². The first-order chi connectivity index (χ1) is 8.63. The van der Waals surface area contributed by atoms with Gasteiger partial charge in [-0.15, -0.1) is 0 Å². The number of hydrogen-bond donors (Lipinski definition) is 2. The van der Waals surface area contributed by atoms with Crippen molar-refractivity contribution in [3.05, 3.63) is 30.5 Å². The zero-order valence-electron chi connectivity index (χ0n) is 9.70. The molecule has 18 heavy (non-hydrogen) atoms. The van der Waals surface area contributed by atoms with Gasteiger partial charge in [0.25, 0.3) is 0 Å². The maximum atomic E-state index is 9.73. The minimum atomic E-state index is -0.0373. The fraction of sp³-hybridized carbons (Fsp3) is 0.167. The second-order valence-corrected chi connectivity index (χ2v) is 5.38. The highest BCUT2D eigenvalue weighted by Crippen LogP contribution is 2.32. The number of nitrogens with zero attached hydrogens (tertiary/aromatic N) is 2. The van der Waals surface area contributed by atoms with Crippen LogP contribution in [0.5, 0.6) is 11.8 Å². The third-order valence-corrected chi connectivity index (χ3v) is 3.89. The topological polar surface area (TPSA) is 58.3 Å².